The Balaban J connectivity index is 2.03. The van der Waals surface area contributed by atoms with Crippen molar-refractivity contribution in [3.8, 4) is 0 Å². The molecule has 4 heteroatoms. The van der Waals surface area contributed by atoms with Crippen LogP contribution in [0.25, 0.3) is 0 Å². The highest BCUT2D eigenvalue weighted by atomic mass is 35.5. The molecule has 0 bridgehead atoms. The summed E-state index contributed by atoms with van der Waals surface area (Å²) in [5, 5.41) is 3.53. The van der Waals surface area contributed by atoms with Crippen molar-refractivity contribution in [2.75, 3.05) is 12.3 Å². The van der Waals surface area contributed by atoms with Crippen LogP contribution in [0.2, 0.25) is 4.34 Å². The Morgan fingerprint density at radius 3 is 2.68 bits per heavy atom. The monoisotopic (exact) mass is 311 g/mol. The maximum Gasteiger partial charge on any atom is 0.0931 e. The van der Waals surface area contributed by atoms with Crippen LogP contribution in [0.3, 0.4) is 0 Å². The van der Waals surface area contributed by atoms with Gasteiger partial charge in [0.15, 0.2) is 0 Å². The van der Waals surface area contributed by atoms with Crippen LogP contribution < -0.4 is 5.32 Å². The van der Waals surface area contributed by atoms with Crippen molar-refractivity contribution in [1.82, 2.24) is 5.32 Å². The molecule has 0 saturated heterocycles. The van der Waals surface area contributed by atoms with E-state index in [0.29, 0.717) is 6.04 Å². The molecule has 1 unspecified atom stereocenters. The number of rotatable bonds is 6. The molecular weight excluding hydrogens is 294 g/mol. The molecule has 2 aromatic rings. The second-order valence-corrected chi connectivity index (χ2v) is 7.14. The van der Waals surface area contributed by atoms with Crippen LogP contribution >= 0.6 is 34.7 Å². The molecule has 0 aliphatic carbocycles. The third kappa shape index (κ3) is 4.25. The zero-order valence-corrected chi connectivity index (χ0v) is 13.5. The maximum atomic E-state index is 6.03. The summed E-state index contributed by atoms with van der Waals surface area (Å²) in [6, 6.07) is 13.0. The normalized spacial score (nSPS) is 12.6. The van der Waals surface area contributed by atoms with Gasteiger partial charge in [-0.15, -0.1) is 23.1 Å². The van der Waals surface area contributed by atoms with Crippen molar-refractivity contribution in [3.63, 3.8) is 0 Å². The average molecular weight is 312 g/mol. The van der Waals surface area contributed by atoms with E-state index < -0.39 is 0 Å². The molecule has 2 rings (SSSR count). The van der Waals surface area contributed by atoms with Gasteiger partial charge in [0.1, 0.15) is 0 Å². The molecule has 0 spiro atoms. The molecule has 102 valence electrons. The van der Waals surface area contributed by atoms with Crippen LogP contribution in [0, 0.1) is 6.92 Å². The van der Waals surface area contributed by atoms with Gasteiger partial charge in [0.25, 0.3) is 0 Å². The first-order valence-electron chi connectivity index (χ1n) is 6.37. The zero-order valence-electron chi connectivity index (χ0n) is 11.2. The molecule has 0 aliphatic rings. The van der Waals surface area contributed by atoms with E-state index in [0.717, 1.165) is 16.6 Å². The lowest BCUT2D eigenvalue weighted by Gasteiger charge is -2.16. The highest BCUT2D eigenvalue weighted by Crippen LogP contribution is 2.31. The number of thioether (sulfide) groups is 1. The third-order valence-corrected chi connectivity index (χ3v) is 5.50. The average Bonchev–Trinajstić information content (AvgIpc) is 2.83. The maximum absolute atomic E-state index is 6.03. The van der Waals surface area contributed by atoms with Crippen LogP contribution in [0.1, 0.15) is 23.4 Å². The summed E-state index contributed by atoms with van der Waals surface area (Å²) >= 11 is 9.60. The molecule has 1 atom stereocenters. The molecule has 19 heavy (non-hydrogen) atoms. The van der Waals surface area contributed by atoms with Crippen LogP contribution in [-0.4, -0.2) is 12.3 Å². The van der Waals surface area contributed by atoms with Crippen molar-refractivity contribution in [3.05, 3.63) is 51.2 Å². The van der Waals surface area contributed by atoms with Gasteiger partial charge in [-0.2, -0.15) is 0 Å². The molecule has 0 aliphatic heterocycles. The fourth-order valence-corrected chi connectivity index (χ4v) is 4.25. The number of benzene rings is 1. The molecule has 1 N–H and O–H groups in total. The van der Waals surface area contributed by atoms with Gasteiger partial charge in [0, 0.05) is 15.5 Å². The van der Waals surface area contributed by atoms with Crippen LogP contribution in [0.4, 0.5) is 0 Å². The number of aryl methyl sites for hydroxylation is 1. The van der Waals surface area contributed by atoms with Crippen molar-refractivity contribution < 1.29 is 0 Å². The van der Waals surface area contributed by atoms with Crippen molar-refractivity contribution in [2.45, 2.75) is 24.8 Å². The Kier molecular flexibility index (Phi) is 5.76. The first-order chi connectivity index (χ1) is 9.20. The summed E-state index contributed by atoms with van der Waals surface area (Å²) in [6.07, 6.45) is 0. The van der Waals surface area contributed by atoms with E-state index in [1.54, 1.807) is 11.3 Å². The van der Waals surface area contributed by atoms with Crippen LogP contribution in [0.15, 0.2) is 41.3 Å². The van der Waals surface area contributed by atoms with E-state index in [1.807, 2.05) is 17.8 Å². The highest BCUT2D eigenvalue weighted by molar-refractivity contribution is 7.99. The Hall–Kier alpha value is -0.480. The highest BCUT2D eigenvalue weighted by Gasteiger charge is 2.13. The van der Waals surface area contributed by atoms with E-state index in [-0.39, 0.29) is 0 Å². The summed E-state index contributed by atoms with van der Waals surface area (Å²) in [7, 11) is 0. The second-order valence-electron chi connectivity index (χ2n) is 4.33. The number of thiophene rings is 1. The Bertz CT molecular complexity index is 524. The lowest BCUT2D eigenvalue weighted by atomic mass is 10.2. The molecule has 1 nitrogen and oxygen atoms in total. The minimum absolute atomic E-state index is 0.368. The lowest BCUT2D eigenvalue weighted by molar-refractivity contribution is 0.615. The van der Waals surface area contributed by atoms with E-state index in [4.69, 9.17) is 11.6 Å². The van der Waals surface area contributed by atoms with Gasteiger partial charge < -0.3 is 5.32 Å². The van der Waals surface area contributed by atoms with Gasteiger partial charge in [-0.05, 0) is 37.2 Å². The number of hydrogen-bond donors (Lipinski definition) is 1. The fourth-order valence-electron chi connectivity index (χ4n) is 1.90. The Morgan fingerprint density at radius 1 is 1.26 bits per heavy atom. The predicted molar refractivity (Wildman–Crippen MR) is 87.6 cm³/mol. The zero-order chi connectivity index (χ0) is 13.7. The van der Waals surface area contributed by atoms with E-state index >= 15 is 0 Å². The molecule has 0 radical (unpaired) electrons. The Morgan fingerprint density at radius 2 is 2.05 bits per heavy atom. The summed E-state index contributed by atoms with van der Waals surface area (Å²) < 4.78 is 0.860. The first kappa shape index (κ1) is 14.9. The van der Waals surface area contributed by atoms with Crippen molar-refractivity contribution in [1.29, 1.82) is 0 Å². The fraction of sp³-hybridized carbons (Fsp3) is 0.333. The standard InChI is InChI=1S/C15H18ClNS2/c1-3-17-12(14-8-9-15(16)19-14)10-18-13-7-5-4-6-11(13)2/h4-9,12,17H,3,10H2,1-2H3. The van der Waals surface area contributed by atoms with E-state index in [2.05, 4.69) is 49.5 Å². The second kappa shape index (κ2) is 7.34. The smallest absolute Gasteiger partial charge is 0.0931 e. The van der Waals surface area contributed by atoms with Crippen molar-refractivity contribution >= 4 is 34.7 Å². The minimum Gasteiger partial charge on any atom is -0.309 e. The van der Waals surface area contributed by atoms with E-state index in [1.165, 1.54) is 15.3 Å². The van der Waals surface area contributed by atoms with Gasteiger partial charge in [-0.1, -0.05) is 36.7 Å². The third-order valence-electron chi connectivity index (χ3n) is 2.89. The van der Waals surface area contributed by atoms with Gasteiger partial charge in [0.05, 0.1) is 10.4 Å². The van der Waals surface area contributed by atoms with Crippen molar-refractivity contribution in [2.24, 2.45) is 0 Å². The lowest BCUT2D eigenvalue weighted by Crippen LogP contribution is -2.22. The molecule has 1 aromatic heterocycles. The Labute approximate surface area is 128 Å². The summed E-state index contributed by atoms with van der Waals surface area (Å²) in [4.78, 5) is 2.67. The molecule has 0 saturated carbocycles. The number of halogens is 1. The van der Waals surface area contributed by atoms with Gasteiger partial charge in [0.2, 0.25) is 0 Å². The quantitative estimate of drug-likeness (QED) is 0.740. The summed E-state index contributed by atoms with van der Waals surface area (Å²) in [5.74, 6) is 1.02. The van der Waals surface area contributed by atoms with E-state index in [9.17, 15) is 0 Å². The topological polar surface area (TPSA) is 12.0 Å². The summed E-state index contributed by atoms with van der Waals surface area (Å²) in [6.45, 7) is 5.27. The predicted octanol–water partition coefficient (Wildman–Crippen LogP) is 5.15. The minimum atomic E-state index is 0.368. The molecule has 1 aromatic carbocycles. The van der Waals surface area contributed by atoms with Crippen LogP contribution in [-0.2, 0) is 0 Å². The first-order valence-corrected chi connectivity index (χ1v) is 8.55. The SMILES string of the molecule is CCNC(CSc1ccccc1C)c1ccc(Cl)s1. The van der Waals surface area contributed by atoms with Crippen LogP contribution in [0.5, 0.6) is 0 Å². The number of hydrogen-bond acceptors (Lipinski definition) is 3. The van der Waals surface area contributed by atoms with Gasteiger partial charge >= 0.3 is 0 Å². The van der Waals surface area contributed by atoms with Gasteiger partial charge in [-0.25, -0.2) is 0 Å². The van der Waals surface area contributed by atoms with Gasteiger partial charge in [-0.3, -0.25) is 0 Å². The molecule has 0 fully saturated rings. The molecular formula is C15H18ClNS2. The largest absolute Gasteiger partial charge is 0.309 e. The summed E-state index contributed by atoms with van der Waals surface area (Å²) in [5.41, 5.74) is 1.34. The molecule has 1 heterocycles. The molecule has 0 amide bonds. The number of nitrogens with one attached hydrogen (secondary N) is 1.